The molecule has 2 aromatic heterocycles. The van der Waals surface area contributed by atoms with Crippen molar-refractivity contribution in [3.8, 4) is 11.3 Å². The first kappa shape index (κ1) is 10.8. The van der Waals surface area contributed by atoms with E-state index in [0.29, 0.717) is 0 Å². The monoisotopic (exact) mass is 213 g/mol. The number of hydrogen-bond acceptors (Lipinski definition) is 3. The van der Waals surface area contributed by atoms with Gasteiger partial charge in [-0.1, -0.05) is 6.07 Å². The smallest absolute Gasteiger partial charge is 0.0717 e. The average molecular weight is 213 g/mol. The molecule has 82 valence electrons. The van der Waals surface area contributed by atoms with Gasteiger partial charge < -0.3 is 4.90 Å². The van der Waals surface area contributed by atoms with Gasteiger partial charge >= 0.3 is 0 Å². The van der Waals surface area contributed by atoms with Crippen LogP contribution in [0.15, 0.2) is 42.9 Å². The van der Waals surface area contributed by atoms with Crippen molar-refractivity contribution in [3.05, 3.63) is 48.4 Å². The zero-order chi connectivity index (χ0) is 11.4. The molecule has 0 aliphatic heterocycles. The first-order valence-electron chi connectivity index (χ1n) is 5.26. The molecule has 0 amide bonds. The summed E-state index contributed by atoms with van der Waals surface area (Å²) in [5.74, 6) is 0. The van der Waals surface area contributed by atoms with E-state index < -0.39 is 0 Å². The summed E-state index contributed by atoms with van der Waals surface area (Å²) in [7, 11) is 4.10. The maximum absolute atomic E-state index is 4.44. The van der Waals surface area contributed by atoms with E-state index in [-0.39, 0.29) is 0 Å². The molecule has 0 aliphatic rings. The molecular formula is C13H15N3. The van der Waals surface area contributed by atoms with Crippen LogP contribution in [0.2, 0.25) is 0 Å². The molecule has 0 fully saturated rings. The number of hydrogen-bond donors (Lipinski definition) is 0. The maximum Gasteiger partial charge on any atom is 0.0717 e. The SMILES string of the molecule is CN(C)Cc1ccc(-c2cccnc2)nc1. The summed E-state index contributed by atoms with van der Waals surface area (Å²) in [6.07, 6.45) is 5.51. The lowest BCUT2D eigenvalue weighted by molar-refractivity contribution is 0.402. The van der Waals surface area contributed by atoms with E-state index in [1.54, 1.807) is 6.20 Å². The minimum Gasteiger partial charge on any atom is -0.305 e. The molecule has 2 rings (SSSR count). The lowest BCUT2D eigenvalue weighted by Gasteiger charge is -2.09. The van der Waals surface area contributed by atoms with Crippen molar-refractivity contribution >= 4 is 0 Å². The highest BCUT2D eigenvalue weighted by Crippen LogP contribution is 2.15. The molecule has 0 saturated carbocycles. The third-order valence-electron chi connectivity index (χ3n) is 2.28. The van der Waals surface area contributed by atoms with Gasteiger partial charge in [0.25, 0.3) is 0 Å². The van der Waals surface area contributed by atoms with Gasteiger partial charge in [-0.15, -0.1) is 0 Å². The Balaban J connectivity index is 2.20. The van der Waals surface area contributed by atoms with Crippen LogP contribution >= 0.6 is 0 Å². The fraction of sp³-hybridized carbons (Fsp3) is 0.231. The number of pyridine rings is 2. The molecule has 0 aliphatic carbocycles. The molecular weight excluding hydrogens is 198 g/mol. The molecule has 0 spiro atoms. The summed E-state index contributed by atoms with van der Waals surface area (Å²) in [6, 6.07) is 8.08. The fourth-order valence-electron chi connectivity index (χ4n) is 1.57. The Bertz CT molecular complexity index is 434. The topological polar surface area (TPSA) is 29.0 Å². The van der Waals surface area contributed by atoms with Crippen LogP contribution in [-0.4, -0.2) is 29.0 Å². The third-order valence-corrected chi connectivity index (χ3v) is 2.28. The zero-order valence-electron chi connectivity index (χ0n) is 9.59. The van der Waals surface area contributed by atoms with Crippen molar-refractivity contribution in [1.82, 2.24) is 14.9 Å². The summed E-state index contributed by atoms with van der Waals surface area (Å²) in [5.41, 5.74) is 3.24. The lowest BCUT2D eigenvalue weighted by atomic mass is 10.1. The van der Waals surface area contributed by atoms with E-state index in [0.717, 1.165) is 17.8 Å². The summed E-state index contributed by atoms with van der Waals surface area (Å²) in [4.78, 5) is 10.6. The Kier molecular flexibility index (Phi) is 3.27. The first-order valence-corrected chi connectivity index (χ1v) is 5.26. The van der Waals surface area contributed by atoms with Gasteiger partial charge in [-0.05, 0) is 37.9 Å². The Morgan fingerprint density at radius 3 is 2.56 bits per heavy atom. The molecule has 0 saturated heterocycles. The average Bonchev–Trinajstić information content (AvgIpc) is 2.30. The molecule has 0 radical (unpaired) electrons. The Morgan fingerprint density at radius 1 is 1.12 bits per heavy atom. The van der Waals surface area contributed by atoms with Gasteiger partial charge in [-0.2, -0.15) is 0 Å². The van der Waals surface area contributed by atoms with Gasteiger partial charge in [-0.25, -0.2) is 0 Å². The summed E-state index contributed by atoms with van der Waals surface area (Å²) in [6.45, 7) is 0.917. The van der Waals surface area contributed by atoms with Crippen LogP contribution in [0, 0.1) is 0 Å². The largest absolute Gasteiger partial charge is 0.305 e. The van der Waals surface area contributed by atoms with E-state index in [1.807, 2.05) is 30.6 Å². The van der Waals surface area contributed by atoms with Gasteiger partial charge in [0.1, 0.15) is 0 Å². The van der Waals surface area contributed by atoms with E-state index in [1.165, 1.54) is 5.56 Å². The number of rotatable bonds is 3. The van der Waals surface area contributed by atoms with Gasteiger partial charge in [0.2, 0.25) is 0 Å². The Hall–Kier alpha value is -1.74. The van der Waals surface area contributed by atoms with Crippen molar-refractivity contribution in [2.75, 3.05) is 14.1 Å². The van der Waals surface area contributed by atoms with Crippen LogP contribution in [0.5, 0.6) is 0 Å². The third kappa shape index (κ3) is 2.64. The van der Waals surface area contributed by atoms with E-state index >= 15 is 0 Å². The van der Waals surface area contributed by atoms with Crippen LogP contribution < -0.4 is 0 Å². The Labute approximate surface area is 95.8 Å². The first-order chi connectivity index (χ1) is 7.75. The Morgan fingerprint density at radius 2 is 2.00 bits per heavy atom. The van der Waals surface area contributed by atoms with Crippen molar-refractivity contribution in [3.63, 3.8) is 0 Å². The molecule has 0 aromatic carbocycles. The molecule has 0 atom stereocenters. The molecule has 3 nitrogen and oxygen atoms in total. The minimum atomic E-state index is 0.917. The quantitative estimate of drug-likeness (QED) is 0.782. The molecule has 3 heteroatoms. The van der Waals surface area contributed by atoms with Crippen LogP contribution in [0.25, 0.3) is 11.3 Å². The standard InChI is InChI=1S/C13H15N3/c1-16(2)10-11-5-6-13(15-8-11)12-4-3-7-14-9-12/h3-9H,10H2,1-2H3. The summed E-state index contributed by atoms with van der Waals surface area (Å²) < 4.78 is 0. The van der Waals surface area contributed by atoms with Crippen molar-refractivity contribution in [2.45, 2.75) is 6.54 Å². The predicted octanol–water partition coefficient (Wildman–Crippen LogP) is 2.21. The molecule has 0 N–H and O–H groups in total. The molecule has 2 aromatic rings. The molecule has 0 unspecified atom stereocenters. The zero-order valence-corrected chi connectivity index (χ0v) is 9.59. The van der Waals surface area contributed by atoms with Gasteiger partial charge in [0, 0.05) is 30.7 Å². The second-order valence-corrected chi connectivity index (χ2v) is 4.03. The summed E-state index contributed by atoms with van der Waals surface area (Å²) in [5, 5.41) is 0. The van der Waals surface area contributed by atoms with Crippen LogP contribution in [-0.2, 0) is 6.54 Å². The second kappa shape index (κ2) is 4.86. The molecule has 2 heterocycles. The van der Waals surface area contributed by atoms with Crippen molar-refractivity contribution in [1.29, 1.82) is 0 Å². The van der Waals surface area contributed by atoms with Gasteiger partial charge in [-0.3, -0.25) is 9.97 Å². The number of aromatic nitrogens is 2. The van der Waals surface area contributed by atoms with Gasteiger partial charge in [0.05, 0.1) is 5.69 Å². The van der Waals surface area contributed by atoms with Crippen LogP contribution in [0.3, 0.4) is 0 Å². The van der Waals surface area contributed by atoms with Crippen molar-refractivity contribution < 1.29 is 0 Å². The second-order valence-electron chi connectivity index (χ2n) is 4.03. The highest BCUT2D eigenvalue weighted by atomic mass is 15.0. The minimum absolute atomic E-state index is 0.917. The molecule has 0 bridgehead atoms. The normalized spacial score (nSPS) is 10.7. The fourth-order valence-corrected chi connectivity index (χ4v) is 1.57. The number of nitrogens with zero attached hydrogens (tertiary/aromatic N) is 3. The van der Waals surface area contributed by atoms with E-state index in [4.69, 9.17) is 0 Å². The maximum atomic E-state index is 4.44. The predicted molar refractivity (Wildman–Crippen MR) is 64.9 cm³/mol. The van der Waals surface area contributed by atoms with E-state index in [2.05, 4.69) is 35.0 Å². The van der Waals surface area contributed by atoms with Crippen LogP contribution in [0.4, 0.5) is 0 Å². The molecule has 16 heavy (non-hydrogen) atoms. The van der Waals surface area contributed by atoms with Crippen molar-refractivity contribution in [2.24, 2.45) is 0 Å². The lowest BCUT2D eigenvalue weighted by Crippen LogP contribution is -2.10. The van der Waals surface area contributed by atoms with Gasteiger partial charge in [0.15, 0.2) is 0 Å². The van der Waals surface area contributed by atoms with Crippen LogP contribution in [0.1, 0.15) is 5.56 Å². The van der Waals surface area contributed by atoms with E-state index in [9.17, 15) is 0 Å². The summed E-state index contributed by atoms with van der Waals surface area (Å²) >= 11 is 0. The highest BCUT2D eigenvalue weighted by molar-refractivity contribution is 5.57. The highest BCUT2D eigenvalue weighted by Gasteiger charge is 1.99.